The summed E-state index contributed by atoms with van der Waals surface area (Å²) < 4.78 is 47.3. The molecule has 2 aromatic rings. The first-order valence-corrected chi connectivity index (χ1v) is 12.7. The lowest BCUT2D eigenvalue weighted by atomic mass is 9.79. The molecule has 1 aromatic carbocycles. The molecule has 1 aliphatic heterocycles. The molecule has 2 heterocycles. The number of carbonyl (C=O) groups excluding carboxylic acids is 2. The Bertz CT molecular complexity index is 1190. The SMILES string of the molecule is COC(=O)[C@@H]1C[C@H](N(C)C(C)(C)C)CC[C@@H]1N1CC[C@H](Nc2ncnc3ccc(OC(F)(F)F)cc23)C1=O. The highest BCUT2D eigenvalue weighted by Gasteiger charge is 2.46. The van der Waals surface area contributed by atoms with Crippen LogP contribution in [0.1, 0.15) is 46.5 Å². The van der Waals surface area contributed by atoms with E-state index in [0.29, 0.717) is 36.7 Å². The molecule has 1 aliphatic carbocycles. The van der Waals surface area contributed by atoms with E-state index in [1.807, 2.05) is 0 Å². The summed E-state index contributed by atoms with van der Waals surface area (Å²) in [6.45, 7) is 6.82. The minimum absolute atomic E-state index is 0.0675. The van der Waals surface area contributed by atoms with Gasteiger partial charge in [0.25, 0.3) is 0 Å². The number of anilines is 1. The minimum atomic E-state index is -4.84. The van der Waals surface area contributed by atoms with Crippen LogP contribution >= 0.6 is 0 Å². The zero-order chi connectivity index (χ0) is 27.8. The molecule has 208 valence electrons. The molecule has 0 spiro atoms. The molecule has 0 unspecified atom stereocenters. The van der Waals surface area contributed by atoms with Gasteiger partial charge < -0.3 is 19.7 Å². The van der Waals surface area contributed by atoms with E-state index >= 15 is 0 Å². The third-order valence-corrected chi connectivity index (χ3v) is 7.69. The molecule has 1 amide bonds. The molecule has 38 heavy (non-hydrogen) atoms. The minimum Gasteiger partial charge on any atom is -0.469 e. The number of aromatic nitrogens is 2. The second kappa shape index (κ2) is 10.5. The van der Waals surface area contributed by atoms with Gasteiger partial charge in [-0.25, -0.2) is 9.97 Å². The van der Waals surface area contributed by atoms with Crippen LogP contribution in [0.5, 0.6) is 5.75 Å². The summed E-state index contributed by atoms with van der Waals surface area (Å²) in [4.78, 5) is 38.6. The molecule has 4 rings (SSSR count). The van der Waals surface area contributed by atoms with Crippen molar-refractivity contribution in [1.29, 1.82) is 0 Å². The third kappa shape index (κ3) is 5.95. The van der Waals surface area contributed by atoms with Gasteiger partial charge in [0.05, 0.1) is 18.5 Å². The standard InChI is InChI=1S/C26H34F3N5O4/c1-25(2,3)33(4)15-6-9-21(18(12-15)24(36)37-5)34-11-10-20(23(34)35)32-22-17-13-16(38-26(27,28)29)7-8-19(17)30-14-31-22/h7-8,13-15,18,20-21H,6,9-12H2,1-5H3,(H,30,31,32)/t15-,18-,20+,21+/m1/s1. The number of hydrogen-bond acceptors (Lipinski definition) is 8. The molecule has 0 bridgehead atoms. The molecule has 1 saturated carbocycles. The predicted molar refractivity (Wildman–Crippen MR) is 134 cm³/mol. The van der Waals surface area contributed by atoms with Crippen molar-refractivity contribution in [3.8, 4) is 5.75 Å². The van der Waals surface area contributed by atoms with Crippen LogP contribution in [0, 0.1) is 5.92 Å². The summed E-state index contributed by atoms with van der Waals surface area (Å²) in [6, 6.07) is 3.02. The lowest BCUT2D eigenvalue weighted by molar-refractivity contribution is -0.274. The molecular formula is C26H34F3N5O4. The Morgan fingerprint density at radius 1 is 1.16 bits per heavy atom. The van der Waals surface area contributed by atoms with Gasteiger partial charge in [-0.15, -0.1) is 13.2 Å². The Morgan fingerprint density at radius 2 is 1.89 bits per heavy atom. The average molecular weight is 538 g/mol. The van der Waals surface area contributed by atoms with Crippen LogP contribution in [-0.4, -0.2) is 82.4 Å². The van der Waals surface area contributed by atoms with Gasteiger partial charge in [0, 0.05) is 29.6 Å². The van der Waals surface area contributed by atoms with Crippen molar-refractivity contribution in [1.82, 2.24) is 19.8 Å². The van der Waals surface area contributed by atoms with Crippen LogP contribution in [0.25, 0.3) is 10.9 Å². The zero-order valence-corrected chi connectivity index (χ0v) is 22.2. The number of hydrogen-bond donors (Lipinski definition) is 1. The van der Waals surface area contributed by atoms with Crippen molar-refractivity contribution in [2.75, 3.05) is 26.0 Å². The number of fused-ring (bicyclic) bond motifs is 1. The number of esters is 1. The Labute approximate surface area is 219 Å². The van der Waals surface area contributed by atoms with Gasteiger partial charge in [0.2, 0.25) is 5.91 Å². The summed E-state index contributed by atoms with van der Waals surface area (Å²) in [7, 11) is 3.42. The quantitative estimate of drug-likeness (QED) is 0.553. The topological polar surface area (TPSA) is 96.9 Å². The summed E-state index contributed by atoms with van der Waals surface area (Å²) >= 11 is 0. The number of amides is 1. The van der Waals surface area contributed by atoms with Gasteiger partial charge >= 0.3 is 12.3 Å². The molecule has 2 aliphatic rings. The van der Waals surface area contributed by atoms with E-state index in [9.17, 15) is 22.8 Å². The largest absolute Gasteiger partial charge is 0.573 e. The first kappa shape index (κ1) is 27.9. The zero-order valence-electron chi connectivity index (χ0n) is 22.2. The molecule has 1 saturated heterocycles. The van der Waals surface area contributed by atoms with Crippen LogP contribution in [0.4, 0.5) is 19.0 Å². The first-order chi connectivity index (χ1) is 17.8. The van der Waals surface area contributed by atoms with Gasteiger partial charge in [-0.3, -0.25) is 14.5 Å². The van der Waals surface area contributed by atoms with Crippen molar-refractivity contribution < 1.29 is 32.2 Å². The van der Waals surface area contributed by atoms with Gasteiger partial charge in [0.1, 0.15) is 23.9 Å². The van der Waals surface area contributed by atoms with Gasteiger partial charge in [-0.2, -0.15) is 0 Å². The van der Waals surface area contributed by atoms with Crippen LogP contribution in [0.3, 0.4) is 0 Å². The number of halogens is 3. The van der Waals surface area contributed by atoms with Gasteiger partial charge in [0.15, 0.2) is 0 Å². The monoisotopic (exact) mass is 537 g/mol. The number of methoxy groups -OCH3 is 1. The molecule has 1 N–H and O–H groups in total. The van der Waals surface area contributed by atoms with Crippen LogP contribution in [-0.2, 0) is 14.3 Å². The molecule has 12 heteroatoms. The molecule has 2 fully saturated rings. The second-order valence-corrected chi connectivity index (χ2v) is 10.9. The first-order valence-electron chi connectivity index (χ1n) is 12.7. The number of alkyl halides is 3. The van der Waals surface area contributed by atoms with Gasteiger partial charge in [-0.1, -0.05) is 0 Å². The smallest absolute Gasteiger partial charge is 0.469 e. The van der Waals surface area contributed by atoms with Crippen molar-refractivity contribution in [2.45, 2.75) is 76.5 Å². The van der Waals surface area contributed by atoms with E-state index < -0.39 is 24.1 Å². The van der Waals surface area contributed by atoms with E-state index in [4.69, 9.17) is 4.74 Å². The highest BCUT2D eigenvalue weighted by Crippen LogP contribution is 2.37. The van der Waals surface area contributed by atoms with E-state index in [1.165, 1.54) is 31.6 Å². The Hall–Kier alpha value is -3.15. The maximum Gasteiger partial charge on any atom is 0.573 e. The predicted octanol–water partition coefficient (Wildman–Crippen LogP) is 3.98. The van der Waals surface area contributed by atoms with Crippen molar-refractivity contribution >= 4 is 28.6 Å². The van der Waals surface area contributed by atoms with Crippen LogP contribution in [0.15, 0.2) is 24.5 Å². The molecule has 9 nitrogen and oxygen atoms in total. The summed E-state index contributed by atoms with van der Waals surface area (Å²) in [5.74, 6) is -1.12. The van der Waals surface area contributed by atoms with Crippen LogP contribution in [0.2, 0.25) is 0 Å². The van der Waals surface area contributed by atoms with E-state index in [1.54, 1.807) is 4.90 Å². The Morgan fingerprint density at radius 3 is 2.55 bits per heavy atom. The fourth-order valence-corrected chi connectivity index (χ4v) is 5.49. The van der Waals surface area contributed by atoms with Gasteiger partial charge in [-0.05, 0) is 71.7 Å². The average Bonchev–Trinajstić information content (AvgIpc) is 3.21. The fraction of sp³-hybridized carbons (Fsp3) is 0.615. The molecular weight excluding hydrogens is 503 g/mol. The molecule has 1 aromatic heterocycles. The summed E-state index contributed by atoms with van der Waals surface area (Å²) in [5, 5.41) is 3.40. The Balaban J connectivity index is 1.52. The Kier molecular flexibility index (Phi) is 7.74. The number of nitrogens with zero attached hydrogens (tertiary/aromatic N) is 4. The summed E-state index contributed by atoms with van der Waals surface area (Å²) in [6.07, 6.45) is -1.00. The summed E-state index contributed by atoms with van der Waals surface area (Å²) in [5.41, 5.74) is 0.341. The number of ether oxygens (including phenoxy) is 2. The van der Waals surface area contributed by atoms with E-state index in [-0.39, 0.29) is 35.3 Å². The number of benzene rings is 1. The number of nitrogens with one attached hydrogen (secondary N) is 1. The lowest BCUT2D eigenvalue weighted by Gasteiger charge is -2.46. The second-order valence-electron chi connectivity index (χ2n) is 10.9. The van der Waals surface area contributed by atoms with E-state index in [2.05, 4.69) is 52.7 Å². The third-order valence-electron chi connectivity index (χ3n) is 7.69. The van der Waals surface area contributed by atoms with Crippen molar-refractivity contribution in [2.24, 2.45) is 5.92 Å². The highest BCUT2D eigenvalue weighted by atomic mass is 19.4. The van der Waals surface area contributed by atoms with E-state index in [0.717, 1.165) is 6.42 Å². The van der Waals surface area contributed by atoms with Crippen LogP contribution < -0.4 is 10.1 Å². The molecule has 4 atom stereocenters. The number of carbonyl (C=O) groups is 2. The normalized spacial score (nSPS) is 24.7. The fourth-order valence-electron chi connectivity index (χ4n) is 5.49. The van der Waals surface area contributed by atoms with Crippen molar-refractivity contribution in [3.63, 3.8) is 0 Å². The maximum atomic E-state index is 13.5. The lowest BCUT2D eigenvalue weighted by Crippen LogP contribution is -2.55. The molecule has 0 radical (unpaired) electrons. The maximum absolute atomic E-state index is 13.5. The number of likely N-dealkylation sites (tertiary alicyclic amines) is 1. The highest BCUT2D eigenvalue weighted by molar-refractivity contribution is 5.93. The van der Waals surface area contributed by atoms with Crippen molar-refractivity contribution in [3.05, 3.63) is 24.5 Å². The number of rotatable bonds is 6.